The van der Waals surface area contributed by atoms with Crippen molar-refractivity contribution in [3.63, 3.8) is 0 Å². The largest absolute Gasteiger partial charge is 0.497 e. The van der Waals surface area contributed by atoms with Gasteiger partial charge < -0.3 is 4.74 Å². The molecule has 5 nitrogen and oxygen atoms in total. The van der Waals surface area contributed by atoms with Gasteiger partial charge in [0, 0.05) is 11.4 Å². The van der Waals surface area contributed by atoms with E-state index in [0.717, 1.165) is 50.4 Å². The second-order valence-corrected chi connectivity index (χ2v) is 9.93. The van der Waals surface area contributed by atoms with Gasteiger partial charge in [-0.2, -0.15) is 0 Å². The lowest BCUT2D eigenvalue weighted by atomic mass is 10.0. The minimum atomic E-state index is -0.184. The molecular weight excluding hydrogens is 484 g/mol. The second kappa shape index (κ2) is 9.44. The van der Waals surface area contributed by atoms with E-state index in [-0.39, 0.29) is 11.1 Å². The first-order valence-electron chi connectivity index (χ1n) is 12.9. The molecule has 0 aliphatic rings. The molecule has 0 atom stereocenters. The number of fused-ring (bicyclic) bond motifs is 3. The molecule has 192 valence electrons. The molecule has 2 aromatic carbocycles. The van der Waals surface area contributed by atoms with Gasteiger partial charge in [0.05, 0.1) is 28.9 Å². The van der Waals surface area contributed by atoms with Crippen LogP contribution in [0.3, 0.4) is 0 Å². The SMILES string of the molecule is COc1cccc(/C=C/c2ccc3c(C)c4c(=O)n5c(/C=C/c6cccc(C)c6)ccc5c(C)c4c(=O)n23)c1. The highest BCUT2D eigenvalue weighted by atomic mass is 16.5. The molecule has 0 saturated heterocycles. The van der Waals surface area contributed by atoms with E-state index in [1.54, 1.807) is 15.9 Å². The average Bonchev–Trinajstić information content (AvgIpc) is 3.57. The summed E-state index contributed by atoms with van der Waals surface area (Å²) in [6.45, 7) is 5.90. The molecular formula is C34H28N2O3. The first-order valence-corrected chi connectivity index (χ1v) is 12.9. The summed E-state index contributed by atoms with van der Waals surface area (Å²) in [7, 11) is 1.64. The molecule has 6 aromatic rings. The monoisotopic (exact) mass is 512 g/mol. The van der Waals surface area contributed by atoms with Crippen LogP contribution < -0.4 is 15.9 Å². The number of hydrogen-bond donors (Lipinski definition) is 0. The zero-order valence-corrected chi connectivity index (χ0v) is 22.4. The van der Waals surface area contributed by atoms with Crippen molar-refractivity contribution in [2.45, 2.75) is 20.8 Å². The number of aromatic nitrogens is 2. The van der Waals surface area contributed by atoms with E-state index in [2.05, 4.69) is 19.1 Å². The predicted molar refractivity (Wildman–Crippen MR) is 161 cm³/mol. The summed E-state index contributed by atoms with van der Waals surface area (Å²) < 4.78 is 8.75. The fraction of sp³-hybridized carbons (Fsp3) is 0.118. The maximum atomic E-state index is 13.9. The lowest BCUT2D eigenvalue weighted by molar-refractivity contribution is 0.414. The molecule has 0 amide bonds. The summed E-state index contributed by atoms with van der Waals surface area (Å²) in [5.74, 6) is 0.770. The van der Waals surface area contributed by atoms with E-state index in [1.807, 2.05) is 98.8 Å². The zero-order chi connectivity index (χ0) is 27.3. The highest BCUT2D eigenvalue weighted by Gasteiger charge is 2.20. The van der Waals surface area contributed by atoms with Crippen molar-refractivity contribution in [2.75, 3.05) is 7.11 Å². The van der Waals surface area contributed by atoms with Crippen molar-refractivity contribution in [1.29, 1.82) is 0 Å². The van der Waals surface area contributed by atoms with E-state index in [9.17, 15) is 9.59 Å². The van der Waals surface area contributed by atoms with Gasteiger partial charge >= 0.3 is 0 Å². The summed E-state index contributed by atoms with van der Waals surface area (Å²) in [4.78, 5) is 27.9. The van der Waals surface area contributed by atoms with E-state index in [1.165, 1.54) is 5.56 Å². The van der Waals surface area contributed by atoms with Gasteiger partial charge in [0.25, 0.3) is 11.1 Å². The lowest BCUT2D eigenvalue weighted by Gasteiger charge is -2.11. The summed E-state index contributed by atoms with van der Waals surface area (Å²) in [6, 6.07) is 23.6. The standard InChI is InChI=1S/C34H28N2O3/c1-21-7-5-8-24(19-21)11-13-26-15-17-29-22(2)32-31(33(37)35(26)29)23(3)30-18-16-27(36(30)34(32)38)14-12-25-9-6-10-28(20-25)39-4/h5-20H,1-4H3/b13-11+,14-12+. The van der Waals surface area contributed by atoms with Crippen molar-refractivity contribution in [3.05, 3.63) is 133 Å². The minimum Gasteiger partial charge on any atom is -0.497 e. The molecule has 6 rings (SSSR count). The van der Waals surface area contributed by atoms with E-state index < -0.39 is 0 Å². The van der Waals surface area contributed by atoms with Crippen molar-refractivity contribution < 1.29 is 4.74 Å². The van der Waals surface area contributed by atoms with Crippen LogP contribution in [0.1, 0.15) is 39.2 Å². The molecule has 0 unspecified atom stereocenters. The van der Waals surface area contributed by atoms with Gasteiger partial charge in [-0.25, -0.2) is 0 Å². The topological polar surface area (TPSA) is 52.2 Å². The Morgan fingerprint density at radius 2 is 1.13 bits per heavy atom. The van der Waals surface area contributed by atoms with Crippen LogP contribution in [0.25, 0.3) is 46.1 Å². The van der Waals surface area contributed by atoms with Crippen molar-refractivity contribution in [1.82, 2.24) is 8.80 Å². The van der Waals surface area contributed by atoms with Crippen LogP contribution in [0, 0.1) is 20.8 Å². The Hall–Kier alpha value is -4.90. The van der Waals surface area contributed by atoms with Crippen LogP contribution in [-0.2, 0) is 0 Å². The molecule has 39 heavy (non-hydrogen) atoms. The van der Waals surface area contributed by atoms with Gasteiger partial charge in [-0.3, -0.25) is 18.4 Å². The normalized spacial score (nSPS) is 12.1. The Bertz CT molecular complexity index is 2080. The van der Waals surface area contributed by atoms with Crippen LogP contribution in [0.15, 0.2) is 82.4 Å². The summed E-state index contributed by atoms with van der Waals surface area (Å²) in [5.41, 5.74) is 7.46. The van der Waals surface area contributed by atoms with Crippen molar-refractivity contribution >= 4 is 46.1 Å². The van der Waals surface area contributed by atoms with Crippen LogP contribution in [0.5, 0.6) is 5.75 Å². The summed E-state index contributed by atoms with van der Waals surface area (Å²) in [5, 5.41) is 0.942. The van der Waals surface area contributed by atoms with Crippen LogP contribution >= 0.6 is 0 Å². The number of methoxy groups -OCH3 is 1. The number of benzene rings is 2. The molecule has 0 N–H and O–H groups in total. The smallest absolute Gasteiger partial charge is 0.264 e. The Labute approximate surface area is 225 Å². The Balaban J connectivity index is 1.54. The fourth-order valence-electron chi connectivity index (χ4n) is 5.48. The molecule has 0 bridgehead atoms. The number of hydrogen-bond acceptors (Lipinski definition) is 3. The van der Waals surface area contributed by atoms with Crippen LogP contribution in [0.4, 0.5) is 0 Å². The molecule has 0 fully saturated rings. The quantitative estimate of drug-likeness (QED) is 0.256. The average molecular weight is 513 g/mol. The van der Waals surface area contributed by atoms with E-state index in [4.69, 9.17) is 4.74 Å². The fourth-order valence-corrected chi connectivity index (χ4v) is 5.48. The predicted octanol–water partition coefficient (Wildman–Crippen LogP) is 6.78. The maximum Gasteiger partial charge on any atom is 0.264 e. The van der Waals surface area contributed by atoms with Gasteiger partial charge in [0.2, 0.25) is 0 Å². The number of nitrogens with zero attached hydrogens (tertiary/aromatic N) is 2. The van der Waals surface area contributed by atoms with Gasteiger partial charge in [0.1, 0.15) is 5.75 Å². The second-order valence-electron chi connectivity index (χ2n) is 9.93. The number of aryl methyl sites for hydroxylation is 3. The van der Waals surface area contributed by atoms with Crippen LogP contribution in [0.2, 0.25) is 0 Å². The van der Waals surface area contributed by atoms with Gasteiger partial charge in [0.15, 0.2) is 0 Å². The van der Waals surface area contributed by atoms with E-state index in [0.29, 0.717) is 10.8 Å². The molecule has 0 saturated carbocycles. The zero-order valence-electron chi connectivity index (χ0n) is 22.4. The molecule has 0 spiro atoms. The summed E-state index contributed by atoms with van der Waals surface area (Å²) in [6.07, 6.45) is 7.85. The maximum absolute atomic E-state index is 13.9. The number of ether oxygens (including phenoxy) is 1. The van der Waals surface area contributed by atoms with Crippen LogP contribution in [-0.4, -0.2) is 15.9 Å². The van der Waals surface area contributed by atoms with E-state index >= 15 is 0 Å². The third-order valence-electron chi connectivity index (χ3n) is 7.45. The highest BCUT2D eigenvalue weighted by Crippen LogP contribution is 2.26. The third kappa shape index (κ3) is 4.03. The Morgan fingerprint density at radius 3 is 1.64 bits per heavy atom. The van der Waals surface area contributed by atoms with Gasteiger partial charge in [-0.15, -0.1) is 0 Å². The molecule has 5 heteroatoms. The summed E-state index contributed by atoms with van der Waals surface area (Å²) >= 11 is 0. The minimum absolute atomic E-state index is 0.175. The molecule has 4 heterocycles. The molecule has 0 aliphatic heterocycles. The first-order chi connectivity index (χ1) is 18.9. The lowest BCUT2D eigenvalue weighted by Crippen LogP contribution is -2.23. The number of rotatable bonds is 5. The van der Waals surface area contributed by atoms with Crippen molar-refractivity contribution in [3.8, 4) is 5.75 Å². The first kappa shape index (κ1) is 24.4. The molecule has 0 aliphatic carbocycles. The number of pyridine rings is 2. The Kier molecular flexibility index (Phi) is 5.92. The van der Waals surface area contributed by atoms with Crippen molar-refractivity contribution in [2.24, 2.45) is 0 Å². The molecule has 0 radical (unpaired) electrons. The molecule has 4 aromatic heterocycles. The Morgan fingerprint density at radius 1 is 0.615 bits per heavy atom. The van der Waals surface area contributed by atoms with Gasteiger partial charge in [-0.1, -0.05) is 54.1 Å². The van der Waals surface area contributed by atoms with Gasteiger partial charge in [-0.05, 0) is 91.6 Å². The highest BCUT2D eigenvalue weighted by molar-refractivity contribution is 5.96. The third-order valence-corrected chi connectivity index (χ3v) is 7.45.